The Morgan fingerprint density at radius 1 is 1.33 bits per heavy atom. The molecule has 1 aliphatic heterocycles. The standard InChI is InChI=1S/C13H25N5O2S/c1-9(2)18-12(15)11(21(3,19)20)13(16-18)17-6-4-10(8-14)5-7-17/h9-10H,4-8,14-15H2,1-3H3. The molecule has 8 heteroatoms. The van der Waals surface area contributed by atoms with Gasteiger partial charge in [-0.25, -0.2) is 13.1 Å². The minimum absolute atomic E-state index is 0.0147. The Balaban J connectivity index is 2.41. The highest BCUT2D eigenvalue weighted by Crippen LogP contribution is 2.33. The molecule has 0 bridgehead atoms. The summed E-state index contributed by atoms with van der Waals surface area (Å²) < 4.78 is 25.8. The van der Waals surface area contributed by atoms with Crippen LogP contribution in [0.5, 0.6) is 0 Å². The summed E-state index contributed by atoms with van der Waals surface area (Å²) in [6.45, 7) is 6.06. The maximum atomic E-state index is 12.1. The summed E-state index contributed by atoms with van der Waals surface area (Å²) >= 11 is 0. The van der Waals surface area contributed by atoms with Crippen LogP contribution in [0.1, 0.15) is 32.7 Å². The third kappa shape index (κ3) is 3.16. The Morgan fingerprint density at radius 3 is 2.33 bits per heavy atom. The molecule has 0 spiro atoms. The van der Waals surface area contributed by atoms with E-state index in [-0.39, 0.29) is 16.8 Å². The van der Waals surface area contributed by atoms with Crippen molar-refractivity contribution in [1.29, 1.82) is 0 Å². The first-order chi connectivity index (χ1) is 9.75. The number of piperidine rings is 1. The molecule has 2 heterocycles. The molecule has 0 atom stereocenters. The van der Waals surface area contributed by atoms with Crippen molar-refractivity contribution in [1.82, 2.24) is 9.78 Å². The van der Waals surface area contributed by atoms with E-state index in [1.54, 1.807) is 4.68 Å². The average Bonchev–Trinajstić information content (AvgIpc) is 2.76. The Bertz CT molecular complexity index is 600. The fourth-order valence-corrected chi connectivity index (χ4v) is 3.73. The van der Waals surface area contributed by atoms with Gasteiger partial charge in [-0.2, -0.15) is 5.10 Å². The predicted octanol–water partition coefficient (Wildman–Crippen LogP) is 0.625. The van der Waals surface area contributed by atoms with E-state index in [4.69, 9.17) is 11.5 Å². The van der Waals surface area contributed by atoms with Gasteiger partial charge in [-0.05, 0) is 39.2 Å². The fraction of sp³-hybridized carbons (Fsp3) is 0.769. The van der Waals surface area contributed by atoms with Crippen molar-refractivity contribution < 1.29 is 8.42 Å². The SMILES string of the molecule is CC(C)n1nc(N2CCC(CN)CC2)c(S(C)(=O)=O)c1N. The fourth-order valence-electron chi connectivity index (χ4n) is 2.76. The number of nitrogens with zero attached hydrogens (tertiary/aromatic N) is 3. The third-order valence-electron chi connectivity index (χ3n) is 3.99. The maximum Gasteiger partial charge on any atom is 0.182 e. The Morgan fingerprint density at radius 2 is 1.90 bits per heavy atom. The lowest BCUT2D eigenvalue weighted by Gasteiger charge is -2.31. The Labute approximate surface area is 126 Å². The summed E-state index contributed by atoms with van der Waals surface area (Å²) in [4.78, 5) is 2.17. The third-order valence-corrected chi connectivity index (χ3v) is 5.13. The molecular weight excluding hydrogens is 290 g/mol. The van der Waals surface area contributed by atoms with Crippen molar-refractivity contribution in [3.63, 3.8) is 0 Å². The molecule has 1 aromatic rings. The predicted molar refractivity (Wildman–Crippen MR) is 84.1 cm³/mol. The number of nitrogen functional groups attached to an aromatic ring is 1. The van der Waals surface area contributed by atoms with Crippen LogP contribution in [-0.2, 0) is 9.84 Å². The highest BCUT2D eigenvalue weighted by atomic mass is 32.2. The molecule has 1 saturated heterocycles. The van der Waals surface area contributed by atoms with Gasteiger partial charge in [0.1, 0.15) is 5.82 Å². The molecule has 2 rings (SSSR count). The number of sulfone groups is 1. The largest absolute Gasteiger partial charge is 0.383 e. The smallest absolute Gasteiger partial charge is 0.182 e. The van der Waals surface area contributed by atoms with Gasteiger partial charge in [0.25, 0.3) is 0 Å². The first-order valence-corrected chi connectivity index (χ1v) is 9.17. The number of nitrogens with two attached hydrogens (primary N) is 2. The van der Waals surface area contributed by atoms with Gasteiger partial charge in [-0.15, -0.1) is 0 Å². The summed E-state index contributed by atoms with van der Waals surface area (Å²) in [5.74, 6) is 1.22. The summed E-state index contributed by atoms with van der Waals surface area (Å²) in [7, 11) is -3.42. The van der Waals surface area contributed by atoms with Gasteiger partial charge < -0.3 is 16.4 Å². The minimum atomic E-state index is -3.42. The van der Waals surface area contributed by atoms with Crippen LogP contribution in [0.4, 0.5) is 11.6 Å². The monoisotopic (exact) mass is 315 g/mol. The van der Waals surface area contributed by atoms with Crippen LogP contribution in [0, 0.1) is 5.92 Å². The van der Waals surface area contributed by atoms with Gasteiger partial charge in [0.05, 0.1) is 0 Å². The van der Waals surface area contributed by atoms with Crippen LogP contribution >= 0.6 is 0 Å². The zero-order valence-corrected chi connectivity index (χ0v) is 13.7. The Hall–Kier alpha value is -1.28. The van der Waals surface area contributed by atoms with Crippen LogP contribution in [0.25, 0.3) is 0 Å². The van der Waals surface area contributed by atoms with Gasteiger partial charge in [0.15, 0.2) is 20.6 Å². The second kappa shape index (κ2) is 5.84. The first kappa shape index (κ1) is 16.1. The average molecular weight is 315 g/mol. The van der Waals surface area contributed by atoms with Crippen molar-refractivity contribution in [3.8, 4) is 0 Å². The van der Waals surface area contributed by atoms with Crippen LogP contribution < -0.4 is 16.4 Å². The highest BCUT2D eigenvalue weighted by Gasteiger charge is 2.30. The number of rotatable bonds is 4. The number of aromatic nitrogens is 2. The maximum absolute atomic E-state index is 12.1. The van der Waals surface area contributed by atoms with Gasteiger partial charge in [0.2, 0.25) is 0 Å². The van der Waals surface area contributed by atoms with Crippen LogP contribution in [0.2, 0.25) is 0 Å². The molecule has 0 saturated carbocycles. The molecule has 4 N–H and O–H groups in total. The second-order valence-electron chi connectivity index (χ2n) is 6.01. The van der Waals surface area contributed by atoms with E-state index in [0.717, 1.165) is 25.9 Å². The molecule has 0 aliphatic carbocycles. The van der Waals surface area contributed by atoms with E-state index in [1.165, 1.54) is 6.26 Å². The number of anilines is 2. The van der Waals surface area contributed by atoms with Crippen molar-refractivity contribution in [2.45, 2.75) is 37.6 Å². The minimum Gasteiger partial charge on any atom is -0.383 e. The molecule has 21 heavy (non-hydrogen) atoms. The van der Waals surface area contributed by atoms with Gasteiger partial charge in [0, 0.05) is 25.4 Å². The summed E-state index contributed by atoms with van der Waals surface area (Å²) in [6, 6.07) is 0.0147. The van der Waals surface area contributed by atoms with Crippen LogP contribution in [-0.4, -0.2) is 44.1 Å². The molecule has 7 nitrogen and oxygen atoms in total. The molecule has 0 unspecified atom stereocenters. The van der Waals surface area contributed by atoms with E-state index >= 15 is 0 Å². The lowest BCUT2D eigenvalue weighted by atomic mass is 9.97. The topological polar surface area (TPSA) is 107 Å². The van der Waals surface area contributed by atoms with Gasteiger partial charge >= 0.3 is 0 Å². The molecule has 0 aromatic carbocycles. The molecule has 120 valence electrons. The summed E-state index contributed by atoms with van der Waals surface area (Å²) in [5, 5.41) is 4.46. The van der Waals surface area contributed by atoms with Crippen LogP contribution in [0.15, 0.2) is 4.90 Å². The van der Waals surface area contributed by atoms with Crippen molar-refractivity contribution >= 4 is 21.5 Å². The Kier molecular flexibility index (Phi) is 4.48. The number of hydrogen-bond acceptors (Lipinski definition) is 6. The first-order valence-electron chi connectivity index (χ1n) is 7.28. The molecule has 1 aliphatic rings. The van der Waals surface area contributed by atoms with E-state index in [9.17, 15) is 8.42 Å². The summed E-state index contributed by atoms with van der Waals surface area (Å²) in [5.41, 5.74) is 11.7. The highest BCUT2D eigenvalue weighted by molar-refractivity contribution is 7.91. The number of hydrogen-bond donors (Lipinski definition) is 2. The van der Waals surface area contributed by atoms with Crippen molar-refractivity contribution in [2.75, 3.05) is 36.5 Å². The molecular formula is C13H25N5O2S. The lowest BCUT2D eigenvalue weighted by molar-refractivity contribution is 0.410. The summed E-state index contributed by atoms with van der Waals surface area (Å²) in [6.07, 6.45) is 3.09. The van der Waals surface area contributed by atoms with E-state index in [0.29, 0.717) is 18.3 Å². The zero-order valence-electron chi connectivity index (χ0n) is 12.9. The van der Waals surface area contributed by atoms with Gasteiger partial charge in [-0.3, -0.25) is 0 Å². The zero-order chi connectivity index (χ0) is 15.8. The molecule has 1 fully saturated rings. The second-order valence-corrected chi connectivity index (χ2v) is 7.97. The molecule has 1 aromatic heterocycles. The van der Waals surface area contributed by atoms with E-state index in [1.807, 2.05) is 18.7 Å². The van der Waals surface area contributed by atoms with E-state index in [2.05, 4.69) is 5.10 Å². The van der Waals surface area contributed by atoms with Gasteiger partial charge in [-0.1, -0.05) is 0 Å². The van der Waals surface area contributed by atoms with E-state index < -0.39 is 9.84 Å². The van der Waals surface area contributed by atoms with Crippen molar-refractivity contribution in [3.05, 3.63) is 0 Å². The molecule has 0 radical (unpaired) electrons. The van der Waals surface area contributed by atoms with Crippen molar-refractivity contribution in [2.24, 2.45) is 11.7 Å². The normalized spacial score (nSPS) is 17.7. The molecule has 0 amide bonds. The quantitative estimate of drug-likeness (QED) is 0.843. The lowest BCUT2D eigenvalue weighted by Crippen LogP contribution is -2.37. The van der Waals surface area contributed by atoms with Crippen LogP contribution in [0.3, 0.4) is 0 Å².